The smallest absolute Gasteiger partial charge is 0.248 e. The highest BCUT2D eigenvalue weighted by atomic mass is 19.4. The van der Waals surface area contributed by atoms with Crippen LogP contribution >= 0.6 is 0 Å². The maximum absolute atomic E-state index is 13.4. The standard InChI is InChI=1S/C16H3F31O7/c1-2(17,18)48-5(24,25)6(26,27)50-9(32,33)10(34,35)52-13(40,41)14(42,43)54-16(46,47)15(44,45)53-12(38,39)11(36,37)51-8(30,31)7(28,29)49-4(22,23)3(19,20)21/h1H3. The van der Waals surface area contributed by atoms with E-state index in [0.29, 0.717) is 0 Å². The average molecular weight is 896 g/mol. The van der Waals surface area contributed by atoms with Gasteiger partial charge in [0.05, 0.1) is 0 Å². The lowest BCUT2D eigenvalue weighted by molar-refractivity contribution is -0.598. The molecule has 0 aromatic rings. The Bertz CT molecular complexity index is 1280. The largest absolute Gasteiger partial charge is 0.483 e. The zero-order valence-corrected chi connectivity index (χ0v) is 23.1. The molecule has 0 aromatic carbocycles. The van der Waals surface area contributed by atoms with Gasteiger partial charge in [-0.1, -0.05) is 0 Å². The molecular weight excluding hydrogens is 893 g/mol. The van der Waals surface area contributed by atoms with E-state index in [1.165, 1.54) is 4.74 Å². The first-order valence-corrected chi connectivity index (χ1v) is 11.0. The molecule has 0 fully saturated rings. The Hall–Kier alpha value is -2.45. The molecule has 54 heavy (non-hydrogen) atoms. The normalized spacial score (nSPS) is 16.7. The molecule has 0 rings (SSSR count). The highest BCUT2D eigenvalue weighted by Gasteiger charge is 2.81. The molecule has 0 saturated carbocycles. The van der Waals surface area contributed by atoms with Crippen molar-refractivity contribution in [3.63, 3.8) is 0 Å². The molecule has 0 aliphatic rings. The van der Waals surface area contributed by atoms with Gasteiger partial charge in [0.2, 0.25) is 0 Å². The van der Waals surface area contributed by atoms with Crippen LogP contribution in [0.1, 0.15) is 6.92 Å². The highest BCUT2D eigenvalue weighted by molar-refractivity contribution is 4.83. The van der Waals surface area contributed by atoms with Crippen molar-refractivity contribution in [2.45, 2.75) is 98.6 Å². The zero-order valence-electron chi connectivity index (χ0n) is 23.1. The summed E-state index contributed by atoms with van der Waals surface area (Å²) in [6, 6.07) is 0. The number of hydrogen-bond acceptors (Lipinski definition) is 7. The second kappa shape index (κ2) is 13.9. The van der Waals surface area contributed by atoms with Crippen molar-refractivity contribution < 1.29 is 169 Å². The van der Waals surface area contributed by atoms with Crippen LogP contribution in [0.3, 0.4) is 0 Å². The maximum atomic E-state index is 13.4. The Morgan fingerprint density at radius 2 is 0.296 bits per heavy atom. The molecule has 0 N–H and O–H groups in total. The van der Waals surface area contributed by atoms with Crippen LogP contribution in [-0.4, -0.2) is 91.7 Å². The quantitative estimate of drug-likeness (QED) is 0.113. The van der Waals surface area contributed by atoms with Gasteiger partial charge in [0.1, 0.15) is 0 Å². The van der Waals surface area contributed by atoms with E-state index in [1.807, 2.05) is 4.74 Å². The molecule has 0 aliphatic heterocycles. The van der Waals surface area contributed by atoms with Crippen molar-refractivity contribution in [2.24, 2.45) is 0 Å². The minimum Gasteiger partial charge on any atom is -0.248 e. The molecule has 0 radical (unpaired) electrons. The molecule has 0 unspecified atom stereocenters. The monoisotopic (exact) mass is 896 g/mol. The summed E-state index contributed by atoms with van der Waals surface area (Å²) in [7, 11) is 0. The van der Waals surface area contributed by atoms with Crippen LogP contribution < -0.4 is 0 Å². The predicted molar refractivity (Wildman–Crippen MR) is 88.6 cm³/mol. The lowest BCUT2D eigenvalue weighted by Gasteiger charge is -2.37. The van der Waals surface area contributed by atoms with E-state index < -0.39 is 98.6 Å². The third-order valence-corrected chi connectivity index (χ3v) is 4.21. The minimum atomic E-state index is -8.42. The summed E-state index contributed by atoms with van der Waals surface area (Å²) in [5, 5.41) is 0. The summed E-state index contributed by atoms with van der Waals surface area (Å²) < 4.78 is 412. The van der Waals surface area contributed by atoms with Crippen molar-refractivity contribution in [2.75, 3.05) is 0 Å². The Balaban J connectivity index is 6.38. The Morgan fingerprint density at radius 3 is 0.407 bits per heavy atom. The third kappa shape index (κ3) is 11.1. The van der Waals surface area contributed by atoms with Crippen LogP contribution in [0.4, 0.5) is 136 Å². The summed E-state index contributed by atoms with van der Waals surface area (Å²) in [4.78, 5) is 0. The van der Waals surface area contributed by atoms with E-state index in [2.05, 4.69) is 0 Å². The fourth-order valence-electron chi connectivity index (χ4n) is 1.96. The molecule has 0 aromatic heterocycles. The van der Waals surface area contributed by atoms with Gasteiger partial charge in [-0.15, -0.1) is 0 Å². The number of halogens is 31. The van der Waals surface area contributed by atoms with Crippen LogP contribution in [0.15, 0.2) is 0 Å². The van der Waals surface area contributed by atoms with E-state index in [9.17, 15) is 136 Å². The highest BCUT2D eigenvalue weighted by Crippen LogP contribution is 2.55. The zero-order chi connectivity index (χ0) is 44.4. The molecule has 0 saturated heterocycles. The summed E-state index contributed by atoms with van der Waals surface area (Å²) in [6.45, 7) is -0.895. The lowest BCUT2D eigenvalue weighted by Crippen LogP contribution is -2.62. The summed E-state index contributed by atoms with van der Waals surface area (Å²) in [5.41, 5.74) is 0. The van der Waals surface area contributed by atoms with E-state index >= 15 is 0 Å². The first-order chi connectivity index (χ1) is 22.7. The lowest BCUT2D eigenvalue weighted by atomic mass is 10.4. The second-order valence-corrected chi connectivity index (χ2v) is 8.74. The molecule has 0 bridgehead atoms. The van der Waals surface area contributed by atoms with Gasteiger partial charge < -0.3 is 0 Å². The van der Waals surface area contributed by atoms with Crippen LogP contribution in [0.5, 0.6) is 0 Å². The van der Waals surface area contributed by atoms with E-state index in [0.717, 1.165) is 23.7 Å². The van der Waals surface area contributed by atoms with Gasteiger partial charge in [-0.05, 0) is 0 Å². The number of rotatable bonds is 20. The van der Waals surface area contributed by atoms with E-state index in [4.69, 9.17) is 0 Å². The summed E-state index contributed by atoms with van der Waals surface area (Å²) in [5.74, 6) is 0. The number of alkyl halides is 31. The average Bonchev–Trinajstić information content (AvgIpc) is 2.77. The van der Waals surface area contributed by atoms with Crippen LogP contribution in [0, 0.1) is 0 Å². The predicted octanol–water partition coefficient (Wildman–Crippen LogP) is 9.98. The Morgan fingerprint density at radius 1 is 0.185 bits per heavy atom. The first kappa shape index (κ1) is 51.5. The topological polar surface area (TPSA) is 64.6 Å². The van der Waals surface area contributed by atoms with Crippen LogP contribution in [0.2, 0.25) is 0 Å². The molecule has 7 nitrogen and oxygen atoms in total. The first-order valence-electron chi connectivity index (χ1n) is 11.0. The van der Waals surface area contributed by atoms with Gasteiger partial charge in [-0.3, -0.25) is 0 Å². The second-order valence-electron chi connectivity index (χ2n) is 8.74. The van der Waals surface area contributed by atoms with Gasteiger partial charge in [0, 0.05) is 6.92 Å². The van der Waals surface area contributed by atoms with Crippen LogP contribution in [0.25, 0.3) is 0 Å². The molecule has 0 aliphatic carbocycles. The van der Waals surface area contributed by atoms with Crippen molar-refractivity contribution >= 4 is 0 Å². The summed E-state index contributed by atoms with van der Waals surface area (Å²) in [6.07, 6.45) is -118. The molecule has 38 heteroatoms. The summed E-state index contributed by atoms with van der Waals surface area (Å²) >= 11 is 0. The fourth-order valence-corrected chi connectivity index (χ4v) is 1.96. The van der Waals surface area contributed by atoms with Crippen molar-refractivity contribution in [3.8, 4) is 0 Å². The molecule has 0 amide bonds. The van der Waals surface area contributed by atoms with Gasteiger partial charge in [0.15, 0.2) is 0 Å². The molecule has 0 heterocycles. The number of hydrogen-bond donors (Lipinski definition) is 0. The molecule has 0 spiro atoms. The minimum absolute atomic E-state index is 0.895. The maximum Gasteiger partial charge on any atom is 0.483 e. The molecule has 326 valence electrons. The van der Waals surface area contributed by atoms with Gasteiger partial charge in [0.25, 0.3) is 0 Å². The van der Waals surface area contributed by atoms with E-state index in [1.54, 1.807) is 0 Å². The Labute approximate surface area is 269 Å². The van der Waals surface area contributed by atoms with E-state index in [-0.39, 0.29) is 0 Å². The molecule has 0 atom stereocenters. The van der Waals surface area contributed by atoms with Crippen molar-refractivity contribution in [3.05, 3.63) is 0 Å². The van der Waals surface area contributed by atoms with Crippen LogP contribution in [-0.2, 0) is 33.2 Å². The fraction of sp³-hybridized carbons (Fsp3) is 1.00. The van der Waals surface area contributed by atoms with Crippen molar-refractivity contribution in [1.29, 1.82) is 0 Å². The third-order valence-electron chi connectivity index (χ3n) is 4.21. The van der Waals surface area contributed by atoms with Gasteiger partial charge in [-0.25, -0.2) is 33.2 Å². The molecular formula is C16H3F31O7. The SMILES string of the molecule is CC(F)(F)OC(F)(F)C(F)(F)OC(F)(F)C(F)(F)OC(F)(F)C(F)(F)OC(F)(F)C(F)(F)OC(F)(F)C(F)(F)OC(F)(F)C(F)(F)OC(F)(F)C(F)(F)F. The Kier molecular flexibility index (Phi) is 13.3. The van der Waals surface area contributed by atoms with Gasteiger partial charge in [-0.2, -0.15) is 136 Å². The number of ether oxygens (including phenoxy) is 7. The van der Waals surface area contributed by atoms with Gasteiger partial charge >= 0.3 is 91.7 Å². The van der Waals surface area contributed by atoms with Crippen molar-refractivity contribution in [1.82, 2.24) is 0 Å².